The molecule has 2 heterocycles. The highest BCUT2D eigenvalue weighted by molar-refractivity contribution is 6.34. The maximum atomic E-state index is 6.33. The van der Waals surface area contributed by atoms with Crippen LogP contribution in [0.25, 0.3) is 83.4 Å². The Kier molecular flexibility index (Phi) is 6.51. The molecule has 0 saturated carbocycles. The zero-order valence-corrected chi connectivity index (χ0v) is 26.0. The number of para-hydroxylation sites is 3. The highest BCUT2D eigenvalue weighted by Gasteiger charge is 2.16. The lowest BCUT2D eigenvalue weighted by Gasteiger charge is -2.15. The summed E-state index contributed by atoms with van der Waals surface area (Å²) in [6.45, 7) is 0. The molecule has 2 aromatic heterocycles. The lowest BCUT2D eigenvalue weighted by atomic mass is 9.89. The largest absolute Gasteiger partial charge is 0.435 e. The predicted octanol–water partition coefficient (Wildman–Crippen LogP) is 12.2. The topological polar surface area (TPSA) is 31.0 Å². The van der Waals surface area contributed by atoms with Crippen LogP contribution in [0.3, 0.4) is 0 Å². The number of rotatable bonds is 5. The first kappa shape index (κ1) is 27.4. The van der Waals surface area contributed by atoms with Gasteiger partial charge in [-0.05, 0) is 81.9 Å². The summed E-state index contributed by atoms with van der Waals surface area (Å²) in [7, 11) is 0. The molecule has 222 valence electrons. The smallest absolute Gasteiger partial charge is 0.227 e. The van der Waals surface area contributed by atoms with Crippen molar-refractivity contribution in [3.8, 4) is 50.5 Å². The third-order valence-electron chi connectivity index (χ3n) is 8.97. The minimum atomic E-state index is 0.558. The molecule has 9 aromatic rings. The van der Waals surface area contributed by atoms with Gasteiger partial charge in [-0.3, -0.25) is 0 Å². The molecule has 0 aliphatic rings. The third-order valence-corrected chi connectivity index (χ3v) is 9.27. The summed E-state index contributed by atoms with van der Waals surface area (Å²) in [4.78, 5) is 4.66. The number of oxazole rings is 1. The van der Waals surface area contributed by atoms with E-state index in [-0.39, 0.29) is 0 Å². The van der Waals surface area contributed by atoms with Crippen LogP contribution in [-0.4, -0.2) is 9.55 Å². The Hall–Kier alpha value is -5.90. The monoisotopic (exact) mass is 622 g/mol. The Morgan fingerprint density at radius 3 is 1.51 bits per heavy atom. The summed E-state index contributed by atoms with van der Waals surface area (Å²) in [5.74, 6) is 0.558. The maximum Gasteiger partial charge on any atom is 0.227 e. The van der Waals surface area contributed by atoms with Crippen molar-refractivity contribution in [2.45, 2.75) is 0 Å². The summed E-state index contributed by atoms with van der Waals surface area (Å²) in [5, 5.41) is 3.09. The number of benzene rings is 7. The van der Waals surface area contributed by atoms with Crippen molar-refractivity contribution >= 4 is 44.5 Å². The van der Waals surface area contributed by atoms with Crippen LogP contribution in [-0.2, 0) is 0 Å². The second-order valence-corrected chi connectivity index (χ2v) is 12.1. The van der Waals surface area contributed by atoms with E-state index in [1.807, 2.05) is 18.2 Å². The Balaban J connectivity index is 1.09. The van der Waals surface area contributed by atoms with E-state index in [4.69, 9.17) is 16.0 Å². The van der Waals surface area contributed by atoms with Crippen LogP contribution in [0.1, 0.15) is 0 Å². The van der Waals surface area contributed by atoms with Gasteiger partial charge in [-0.15, -0.1) is 0 Å². The normalized spacial score (nSPS) is 11.5. The van der Waals surface area contributed by atoms with Crippen molar-refractivity contribution in [2.24, 2.45) is 0 Å². The third kappa shape index (κ3) is 4.63. The van der Waals surface area contributed by atoms with Crippen molar-refractivity contribution in [3.63, 3.8) is 0 Å². The number of fused-ring (bicyclic) bond motifs is 4. The van der Waals surface area contributed by atoms with Gasteiger partial charge in [0.25, 0.3) is 0 Å². The molecule has 0 amide bonds. The Morgan fingerprint density at radius 2 is 0.936 bits per heavy atom. The van der Waals surface area contributed by atoms with Crippen molar-refractivity contribution < 1.29 is 4.42 Å². The number of halogens is 1. The Labute approximate surface area is 276 Å². The molecule has 4 heteroatoms. The summed E-state index contributed by atoms with van der Waals surface area (Å²) < 4.78 is 8.37. The summed E-state index contributed by atoms with van der Waals surface area (Å²) in [6.07, 6.45) is 0. The van der Waals surface area contributed by atoms with E-state index < -0.39 is 0 Å². The van der Waals surface area contributed by atoms with Crippen LogP contribution in [0.15, 0.2) is 168 Å². The number of nitrogens with zero attached hydrogens (tertiary/aromatic N) is 2. The molecule has 0 bridgehead atoms. The molecular weight excluding hydrogens is 596 g/mol. The molecule has 9 rings (SSSR count). The zero-order valence-electron chi connectivity index (χ0n) is 25.3. The van der Waals surface area contributed by atoms with Crippen LogP contribution < -0.4 is 0 Å². The molecule has 0 aliphatic carbocycles. The quantitative estimate of drug-likeness (QED) is 0.191. The molecule has 0 aliphatic heterocycles. The van der Waals surface area contributed by atoms with Gasteiger partial charge in [-0.2, -0.15) is 0 Å². The molecule has 0 saturated heterocycles. The average Bonchev–Trinajstić information content (AvgIpc) is 3.73. The van der Waals surface area contributed by atoms with Gasteiger partial charge in [0.2, 0.25) is 5.89 Å². The van der Waals surface area contributed by atoms with Crippen LogP contribution in [0.5, 0.6) is 0 Å². The minimum Gasteiger partial charge on any atom is -0.435 e. The summed E-state index contributed by atoms with van der Waals surface area (Å²) in [5.41, 5.74) is 12.8. The molecule has 3 nitrogen and oxygen atoms in total. The highest BCUT2D eigenvalue weighted by atomic mass is 35.5. The standard InChI is InChI=1S/C43H27ClN2O/c44-38-16-9-17-39-42(38)47-43(45-39)30-22-20-28(21-23-30)32-10-1-3-12-34(32)35-13-4-2-11-33(35)29-24-26-31(27-25-29)46-40-18-7-5-14-36(40)37-15-6-8-19-41(37)46/h1-27H. The van der Waals surface area contributed by atoms with Crippen molar-refractivity contribution in [1.82, 2.24) is 9.55 Å². The predicted molar refractivity (Wildman–Crippen MR) is 195 cm³/mol. The lowest BCUT2D eigenvalue weighted by molar-refractivity contribution is 0.620. The summed E-state index contributed by atoms with van der Waals surface area (Å²) in [6, 6.07) is 57.4. The SMILES string of the molecule is Clc1cccc2nc(-c3ccc(-c4ccccc4-c4ccccc4-c4ccc(-n5c6ccccc6c6ccccc65)cc4)cc3)oc12. The molecular formula is C43H27ClN2O. The molecule has 0 N–H and O–H groups in total. The van der Waals surface area contributed by atoms with Gasteiger partial charge < -0.3 is 8.98 Å². The molecule has 7 aromatic carbocycles. The fraction of sp³-hybridized carbons (Fsp3) is 0. The van der Waals surface area contributed by atoms with Gasteiger partial charge in [0.1, 0.15) is 5.52 Å². The molecule has 47 heavy (non-hydrogen) atoms. The number of hydrogen-bond donors (Lipinski definition) is 0. The number of aromatic nitrogens is 2. The maximum absolute atomic E-state index is 6.33. The first-order valence-corrected chi connectivity index (χ1v) is 16.0. The van der Waals surface area contributed by atoms with Gasteiger partial charge in [-0.1, -0.05) is 127 Å². The van der Waals surface area contributed by atoms with E-state index in [9.17, 15) is 0 Å². The number of hydrogen-bond acceptors (Lipinski definition) is 2. The van der Waals surface area contributed by atoms with E-state index in [1.165, 1.54) is 44.1 Å². The van der Waals surface area contributed by atoms with E-state index in [0.29, 0.717) is 16.5 Å². The Morgan fingerprint density at radius 1 is 0.447 bits per heavy atom. The molecule has 0 spiro atoms. The summed E-state index contributed by atoms with van der Waals surface area (Å²) >= 11 is 6.33. The minimum absolute atomic E-state index is 0.558. The average molecular weight is 623 g/mol. The molecule has 0 atom stereocenters. The van der Waals surface area contributed by atoms with E-state index in [2.05, 4.69) is 155 Å². The van der Waals surface area contributed by atoms with Crippen LogP contribution in [0, 0.1) is 0 Å². The second-order valence-electron chi connectivity index (χ2n) is 11.7. The van der Waals surface area contributed by atoms with Crippen LogP contribution >= 0.6 is 11.6 Å². The van der Waals surface area contributed by atoms with Gasteiger partial charge in [0.15, 0.2) is 5.58 Å². The van der Waals surface area contributed by atoms with Gasteiger partial charge in [0, 0.05) is 22.0 Å². The van der Waals surface area contributed by atoms with E-state index >= 15 is 0 Å². The Bertz CT molecular complexity index is 2520. The van der Waals surface area contributed by atoms with Gasteiger partial charge in [0.05, 0.1) is 16.1 Å². The van der Waals surface area contributed by atoms with Gasteiger partial charge >= 0.3 is 0 Å². The van der Waals surface area contributed by atoms with E-state index in [0.717, 1.165) is 27.9 Å². The second kappa shape index (κ2) is 11.2. The van der Waals surface area contributed by atoms with Crippen LogP contribution in [0.4, 0.5) is 0 Å². The first-order chi connectivity index (χ1) is 23.2. The van der Waals surface area contributed by atoms with Crippen molar-refractivity contribution in [2.75, 3.05) is 0 Å². The van der Waals surface area contributed by atoms with Crippen molar-refractivity contribution in [3.05, 3.63) is 169 Å². The molecule has 0 fully saturated rings. The van der Waals surface area contributed by atoms with Crippen molar-refractivity contribution in [1.29, 1.82) is 0 Å². The van der Waals surface area contributed by atoms with E-state index in [1.54, 1.807) is 0 Å². The zero-order chi connectivity index (χ0) is 31.3. The first-order valence-electron chi connectivity index (χ1n) is 15.7. The molecule has 0 unspecified atom stereocenters. The molecule has 0 radical (unpaired) electrons. The fourth-order valence-corrected chi connectivity index (χ4v) is 6.97. The lowest BCUT2D eigenvalue weighted by Crippen LogP contribution is -1.94. The highest BCUT2D eigenvalue weighted by Crippen LogP contribution is 2.40. The van der Waals surface area contributed by atoms with Crippen LogP contribution in [0.2, 0.25) is 5.02 Å². The van der Waals surface area contributed by atoms with Gasteiger partial charge in [-0.25, -0.2) is 4.98 Å². The fourth-order valence-electron chi connectivity index (χ4n) is 6.76.